The van der Waals surface area contributed by atoms with E-state index in [1.807, 2.05) is 0 Å². The molecule has 0 aliphatic carbocycles. The van der Waals surface area contributed by atoms with E-state index in [4.69, 9.17) is 0 Å². The van der Waals surface area contributed by atoms with Crippen molar-refractivity contribution < 1.29 is 31.5 Å². The minimum Gasteiger partial charge on any atom is -0.508 e. The van der Waals surface area contributed by atoms with Gasteiger partial charge in [-0.3, -0.25) is 9.52 Å². The van der Waals surface area contributed by atoms with Crippen molar-refractivity contribution in [3.05, 3.63) is 53.6 Å². The zero-order chi connectivity index (χ0) is 19.5. The van der Waals surface area contributed by atoms with Gasteiger partial charge in [0.05, 0.1) is 4.90 Å². The number of hydrogen-bond acceptors (Lipinski definition) is 4. The Morgan fingerprint density at radius 3 is 2.46 bits per heavy atom. The number of phenols is 1. The van der Waals surface area contributed by atoms with Gasteiger partial charge in [-0.2, -0.15) is 13.2 Å². The zero-order valence-corrected chi connectivity index (χ0v) is 14.3. The van der Waals surface area contributed by atoms with Gasteiger partial charge in [0.1, 0.15) is 12.3 Å². The van der Waals surface area contributed by atoms with Crippen LogP contribution in [0.25, 0.3) is 0 Å². The summed E-state index contributed by atoms with van der Waals surface area (Å²) in [4.78, 5) is 11.5. The quantitative estimate of drug-likeness (QED) is 0.687. The number of aryl methyl sites for hydroxylation is 1. The number of hydrogen-bond donors (Lipinski definition) is 3. The smallest absolute Gasteiger partial charge is 0.405 e. The van der Waals surface area contributed by atoms with Crippen LogP contribution < -0.4 is 10.0 Å². The molecule has 0 radical (unpaired) electrons. The number of sulfonamides is 1. The van der Waals surface area contributed by atoms with Crippen molar-refractivity contribution in [2.45, 2.75) is 18.0 Å². The predicted molar refractivity (Wildman–Crippen MR) is 88.5 cm³/mol. The van der Waals surface area contributed by atoms with Crippen LogP contribution in [0.15, 0.2) is 47.4 Å². The number of nitrogens with one attached hydrogen (secondary N) is 2. The van der Waals surface area contributed by atoms with E-state index < -0.39 is 28.7 Å². The number of alkyl halides is 3. The molecule has 26 heavy (non-hydrogen) atoms. The van der Waals surface area contributed by atoms with Gasteiger partial charge in [-0.05, 0) is 48.9 Å². The third-order valence-electron chi connectivity index (χ3n) is 3.30. The second-order valence-corrected chi connectivity index (χ2v) is 7.11. The number of anilines is 1. The van der Waals surface area contributed by atoms with Crippen molar-refractivity contribution >= 4 is 21.6 Å². The zero-order valence-electron chi connectivity index (χ0n) is 13.5. The van der Waals surface area contributed by atoms with Crippen molar-refractivity contribution in [3.63, 3.8) is 0 Å². The molecule has 2 aromatic rings. The number of carbonyl (C=O) groups is 1. The molecule has 1 amide bonds. The molecule has 10 heteroatoms. The molecule has 0 atom stereocenters. The summed E-state index contributed by atoms with van der Waals surface area (Å²) in [7, 11) is -4.08. The monoisotopic (exact) mass is 388 g/mol. The Labute approximate surface area is 147 Å². The topological polar surface area (TPSA) is 95.5 Å². The normalized spacial score (nSPS) is 11.8. The van der Waals surface area contributed by atoms with Gasteiger partial charge in [0, 0.05) is 11.3 Å². The molecule has 0 saturated carbocycles. The standard InChI is InChI=1S/C16H15F3N2O4S/c1-10-7-12(5-6-14(10)22)21-26(24,25)13-4-2-3-11(8-13)15(23)20-9-16(17,18)19/h2-8,21-22H,9H2,1H3,(H,20,23). The number of aromatic hydroxyl groups is 1. The first-order chi connectivity index (χ1) is 12.0. The van der Waals surface area contributed by atoms with Crippen LogP contribution in [0, 0.1) is 6.92 Å². The Morgan fingerprint density at radius 2 is 1.85 bits per heavy atom. The van der Waals surface area contributed by atoms with Crippen LogP contribution in [0.2, 0.25) is 0 Å². The first-order valence-corrected chi connectivity index (χ1v) is 8.74. The number of benzene rings is 2. The van der Waals surface area contributed by atoms with E-state index in [0.29, 0.717) is 5.56 Å². The number of phenolic OH excluding ortho intramolecular Hbond substituents is 1. The lowest BCUT2D eigenvalue weighted by molar-refractivity contribution is -0.123. The summed E-state index contributed by atoms with van der Waals surface area (Å²) < 4.78 is 63.6. The fourth-order valence-corrected chi connectivity index (χ4v) is 3.12. The Balaban J connectivity index is 2.22. The molecule has 0 saturated heterocycles. The summed E-state index contributed by atoms with van der Waals surface area (Å²) in [5.41, 5.74) is 0.414. The fourth-order valence-electron chi connectivity index (χ4n) is 2.02. The minimum absolute atomic E-state index is 0.00344. The molecule has 0 heterocycles. The molecule has 0 bridgehead atoms. The third-order valence-corrected chi connectivity index (χ3v) is 4.68. The van der Waals surface area contributed by atoms with Crippen LogP contribution in [0.5, 0.6) is 5.75 Å². The molecule has 0 spiro atoms. The van der Waals surface area contributed by atoms with Gasteiger partial charge in [0.2, 0.25) is 0 Å². The lowest BCUT2D eigenvalue weighted by atomic mass is 10.2. The first-order valence-electron chi connectivity index (χ1n) is 7.25. The van der Waals surface area contributed by atoms with E-state index in [2.05, 4.69) is 4.72 Å². The predicted octanol–water partition coefficient (Wildman–Crippen LogP) is 2.79. The molecule has 140 valence electrons. The Bertz CT molecular complexity index is 927. The van der Waals surface area contributed by atoms with Gasteiger partial charge in [-0.1, -0.05) is 6.07 Å². The number of halogens is 3. The van der Waals surface area contributed by atoms with Crippen molar-refractivity contribution in [2.24, 2.45) is 0 Å². The lowest BCUT2D eigenvalue weighted by Gasteiger charge is -2.11. The highest BCUT2D eigenvalue weighted by molar-refractivity contribution is 7.92. The maximum absolute atomic E-state index is 12.4. The molecule has 0 fully saturated rings. The van der Waals surface area contributed by atoms with Gasteiger partial charge >= 0.3 is 6.18 Å². The first kappa shape index (κ1) is 19.6. The van der Waals surface area contributed by atoms with Crippen molar-refractivity contribution in [1.82, 2.24) is 5.32 Å². The van der Waals surface area contributed by atoms with Gasteiger partial charge in [-0.25, -0.2) is 8.42 Å². The SMILES string of the molecule is Cc1cc(NS(=O)(=O)c2cccc(C(=O)NCC(F)(F)F)c2)ccc1O. The highest BCUT2D eigenvalue weighted by Gasteiger charge is 2.28. The summed E-state index contributed by atoms with van der Waals surface area (Å²) in [5, 5.41) is 11.1. The van der Waals surface area contributed by atoms with Gasteiger partial charge < -0.3 is 10.4 Å². The second-order valence-electron chi connectivity index (χ2n) is 5.43. The maximum Gasteiger partial charge on any atom is 0.405 e. The molecule has 3 N–H and O–H groups in total. The molecule has 0 aliphatic heterocycles. The molecule has 6 nitrogen and oxygen atoms in total. The summed E-state index contributed by atoms with van der Waals surface area (Å²) in [6, 6.07) is 8.70. The maximum atomic E-state index is 12.4. The molecule has 2 rings (SSSR count). The van der Waals surface area contributed by atoms with Crippen LogP contribution in [0.3, 0.4) is 0 Å². The Hall–Kier alpha value is -2.75. The van der Waals surface area contributed by atoms with Crippen LogP contribution in [0.4, 0.5) is 18.9 Å². The van der Waals surface area contributed by atoms with E-state index in [1.54, 1.807) is 12.2 Å². The largest absolute Gasteiger partial charge is 0.508 e. The number of amides is 1. The minimum atomic E-state index is -4.57. The summed E-state index contributed by atoms with van der Waals surface area (Å²) in [5.74, 6) is -1.05. The van der Waals surface area contributed by atoms with Crippen molar-refractivity contribution in [3.8, 4) is 5.75 Å². The van der Waals surface area contributed by atoms with Crippen molar-refractivity contribution in [2.75, 3.05) is 11.3 Å². The second kappa shape index (κ2) is 7.24. The highest BCUT2D eigenvalue weighted by Crippen LogP contribution is 2.23. The third kappa shape index (κ3) is 5.12. The molecular weight excluding hydrogens is 373 g/mol. The van der Waals surface area contributed by atoms with Gasteiger partial charge in [-0.15, -0.1) is 0 Å². The molecule has 0 aromatic heterocycles. The van der Waals surface area contributed by atoms with Crippen LogP contribution in [0.1, 0.15) is 15.9 Å². The van der Waals surface area contributed by atoms with Crippen LogP contribution in [-0.2, 0) is 10.0 Å². The number of carbonyl (C=O) groups excluding carboxylic acids is 1. The Morgan fingerprint density at radius 1 is 1.15 bits per heavy atom. The van der Waals surface area contributed by atoms with E-state index in [9.17, 15) is 31.5 Å². The molecule has 0 unspecified atom stereocenters. The molecule has 0 aliphatic rings. The van der Waals surface area contributed by atoms with Crippen LogP contribution in [-0.4, -0.2) is 32.2 Å². The van der Waals surface area contributed by atoms with Crippen molar-refractivity contribution in [1.29, 1.82) is 0 Å². The Kier molecular flexibility index (Phi) is 5.45. The van der Waals surface area contributed by atoms with E-state index in [-0.39, 0.29) is 21.9 Å². The van der Waals surface area contributed by atoms with Crippen LogP contribution >= 0.6 is 0 Å². The van der Waals surface area contributed by atoms with Gasteiger partial charge in [0.25, 0.3) is 15.9 Å². The lowest BCUT2D eigenvalue weighted by Crippen LogP contribution is -2.33. The summed E-state index contributed by atoms with van der Waals surface area (Å²) in [6.45, 7) is 0.0621. The average Bonchev–Trinajstić information content (AvgIpc) is 2.55. The molecular formula is C16H15F3N2O4S. The van der Waals surface area contributed by atoms with E-state index in [1.165, 1.54) is 36.4 Å². The van der Waals surface area contributed by atoms with E-state index >= 15 is 0 Å². The average molecular weight is 388 g/mol. The van der Waals surface area contributed by atoms with Gasteiger partial charge in [0.15, 0.2) is 0 Å². The fraction of sp³-hybridized carbons (Fsp3) is 0.188. The highest BCUT2D eigenvalue weighted by atomic mass is 32.2. The molecule has 2 aromatic carbocycles. The van der Waals surface area contributed by atoms with E-state index in [0.717, 1.165) is 6.07 Å². The summed E-state index contributed by atoms with van der Waals surface area (Å²) in [6.07, 6.45) is -4.57. The number of rotatable bonds is 5. The summed E-state index contributed by atoms with van der Waals surface area (Å²) >= 11 is 0.